The molecule has 0 aliphatic carbocycles. The van der Waals surface area contributed by atoms with Crippen LogP contribution >= 0.6 is 0 Å². The van der Waals surface area contributed by atoms with Gasteiger partial charge in [-0.25, -0.2) is 9.67 Å². The number of nitrogens with zero attached hydrogens (tertiary/aromatic N) is 4. The molecule has 160 valence electrons. The van der Waals surface area contributed by atoms with E-state index in [4.69, 9.17) is 20.3 Å². The average Bonchev–Trinajstić information content (AvgIpc) is 3.09. The number of hydrogen-bond donors (Lipinski definition) is 1. The molecule has 7 nitrogen and oxygen atoms in total. The van der Waals surface area contributed by atoms with Crippen LogP contribution in [-0.2, 0) is 16.2 Å². The molecule has 30 heavy (non-hydrogen) atoms. The Kier molecular flexibility index (Phi) is 6.08. The summed E-state index contributed by atoms with van der Waals surface area (Å²) in [5, 5.41) is 5.93. The fourth-order valence-corrected chi connectivity index (χ4v) is 4.33. The summed E-state index contributed by atoms with van der Waals surface area (Å²) < 4.78 is 13.4. The third kappa shape index (κ3) is 4.83. The van der Waals surface area contributed by atoms with E-state index in [0.717, 1.165) is 72.6 Å². The summed E-state index contributed by atoms with van der Waals surface area (Å²) >= 11 is 0. The van der Waals surface area contributed by atoms with Gasteiger partial charge in [0.05, 0.1) is 18.7 Å². The van der Waals surface area contributed by atoms with Gasteiger partial charge in [0.25, 0.3) is 0 Å². The van der Waals surface area contributed by atoms with Gasteiger partial charge in [0, 0.05) is 50.6 Å². The van der Waals surface area contributed by atoms with Gasteiger partial charge in [0.1, 0.15) is 18.2 Å². The summed E-state index contributed by atoms with van der Waals surface area (Å²) in [6.07, 6.45) is 1.85. The Morgan fingerprint density at radius 2 is 1.93 bits per heavy atom. The number of fused-ring (bicyclic) bond motifs is 1. The van der Waals surface area contributed by atoms with E-state index in [0.29, 0.717) is 6.73 Å². The molecule has 1 aliphatic rings. The number of benzene rings is 1. The fourth-order valence-electron chi connectivity index (χ4n) is 3.57. The van der Waals surface area contributed by atoms with Crippen LogP contribution in [0, 0.1) is 0 Å². The standard InChI is InChI=1S/C22H31N5O2Si/c1-30(2,3)13-12-29-16-27-20-5-4-18(23)15-19(20)22(25-27)17-6-7-24-21(14-17)26-8-10-28-11-9-26/h4-7,14-15H,8-13,16,23H2,1-3H3. The first-order valence-electron chi connectivity index (χ1n) is 10.5. The van der Waals surface area contributed by atoms with Crippen molar-refractivity contribution in [1.82, 2.24) is 14.8 Å². The number of hydrogen-bond acceptors (Lipinski definition) is 6. The largest absolute Gasteiger partial charge is 0.399 e. The van der Waals surface area contributed by atoms with Crippen molar-refractivity contribution in [1.29, 1.82) is 0 Å². The van der Waals surface area contributed by atoms with E-state index in [2.05, 4.69) is 35.6 Å². The van der Waals surface area contributed by atoms with Crippen LogP contribution in [0.3, 0.4) is 0 Å². The number of morpholine rings is 1. The molecule has 2 N–H and O–H groups in total. The number of anilines is 2. The van der Waals surface area contributed by atoms with Crippen LogP contribution in [0.15, 0.2) is 36.5 Å². The molecule has 3 aromatic rings. The highest BCUT2D eigenvalue weighted by Crippen LogP contribution is 2.31. The van der Waals surface area contributed by atoms with E-state index in [1.165, 1.54) is 0 Å². The van der Waals surface area contributed by atoms with Crippen molar-refractivity contribution in [3.05, 3.63) is 36.5 Å². The second-order valence-electron chi connectivity index (χ2n) is 8.97. The maximum absolute atomic E-state index is 6.10. The Labute approximate surface area is 178 Å². The number of ether oxygens (including phenoxy) is 2. The molecule has 1 saturated heterocycles. The molecule has 1 fully saturated rings. The zero-order valence-corrected chi connectivity index (χ0v) is 19.1. The lowest BCUT2D eigenvalue weighted by Gasteiger charge is -2.27. The van der Waals surface area contributed by atoms with Crippen LogP contribution in [0.2, 0.25) is 25.7 Å². The molecule has 3 heterocycles. The molecule has 0 amide bonds. The summed E-state index contributed by atoms with van der Waals surface area (Å²) in [7, 11) is -1.12. The highest BCUT2D eigenvalue weighted by Gasteiger charge is 2.17. The van der Waals surface area contributed by atoms with Crippen LogP contribution in [0.4, 0.5) is 11.5 Å². The van der Waals surface area contributed by atoms with E-state index < -0.39 is 8.07 Å². The lowest BCUT2D eigenvalue weighted by atomic mass is 10.1. The van der Waals surface area contributed by atoms with Crippen molar-refractivity contribution in [3.63, 3.8) is 0 Å². The molecule has 0 bridgehead atoms. The van der Waals surface area contributed by atoms with Gasteiger partial charge < -0.3 is 20.1 Å². The van der Waals surface area contributed by atoms with Crippen molar-refractivity contribution >= 4 is 30.5 Å². The molecular weight excluding hydrogens is 394 g/mol. The Morgan fingerprint density at radius 3 is 2.70 bits per heavy atom. The average molecular weight is 426 g/mol. The van der Waals surface area contributed by atoms with Crippen LogP contribution in [0.5, 0.6) is 0 Å². The topological polar surface area (TPSA) is 78.4 Å². The van der Waals surface area contributed by atoms with Crippen molar-refractivity contribution in [2.24, 2.45) is 0 Å². The lowest BCUT2D eigenvalue weighted by Crippen LogP contribution is -2.36. The Hall–Kier alpha value is -2.42. The molecule has 1 aliphatic heterocycles. The van der Waals surface area contributed by atoms with Gasteiger partial charge in [-0.1, -0.05) is 19.6 Å². The monoisotopic (exact) mass is 425 g/mol. The minimum absolute atomic E-state index is 0.437. The summed E-state index contributed by atoms with van der Waals surface area (Å²) in [6.45, 7) is 11.4. The number of nitrogens with two attached hydrogens (primary N) is 1. The number of rotatable bonds is 7. The van der Waals surface area contributed by atoms with Gasteiger partial charge in [-0.2, -0.15) is 5.10 Å². The van der Waals surface area contributed by atoms with Gasteiger partial charge in [-0.15, -0.1) is 0 Å². The van der Waals surface area contributed by atoms with E-state index in [-0.39, 0.29) is 0 Å². The maximum Gasteiger partial charge on any atom is 0.140 e. The molecule has 0 radical (unpaired) electrons. The smallest absolute Gasteiger partial charge is 0.140 e. The molecule has 0 atom stereocenters. The Morgan fingerprint density at radius 1 is 1.13 bits per heavy atom. The molecular formula is C22H31N5O2Si. The van der Waals surface area contributed by atoms with Crippen molar-refractivity contribution in [2.75, 3.05) is 43.5 Å². The van der Waals surface area contributed by atoms with Gasteiger partial charge in [-0.3, -0.25) is 0 Å². The number of nitrogen functional groups attached to an aromatic ring is 1. The summed E-state index contributed by atoms with van der Waals surface area (Å²) in [5.41, 5.74) is 9.79. The predicted molar refractivity (Wildman–Crippen MR) is 125 cm³/mol. The second kappa shape index (κ2) is 8.75. The quantitative estimate of drug-likeness (QED) is 0.352. The zero-order valence-electron chi connectivity index (χ0n) is 18.1. The van der Waals surface area contributed by atoms with E-state index in [9.17, 15) is 0 Å². The van der Waals surface area contributed by atoms with Crippen LogP contribution in [-0.4, -0.2) is 55.7 Å². The van der Waals surface area contributed by atoms with E-state index in [1.54, 1.807) is 0 Å². The van der Waals surface area contributed by atoms with Crippen LogP contribution in [0.25, 0.3) is 22.2 Å². The van der Waals surface area contributed by atoms with Crippen molar-refractivity contribution in [2.45, 2.75) is 32.4 Å². The molecule has 4 rings (SSSR count). The molecule has 0 unspecified atom stereocenters. The van der Waals surface area contributed by atoms with E-state index >= 15 is 0 Å². The maximum atomic E-state index is 6.10. The van der Waals surface area contributed by atoms with Crippen LogP contribution in [0.1, 0.15) is 0 Å². The summed E-state index contributed by atoms with van der Waals surface area (Å²) in [5.74, 6) is 0.953. The SMILES string of the molecule is C[Si](C)(C)CCOCn1nc(-c2ccnc(N3CCOCC3)c2)c2cc(N)ccc21. The second-order valence-corrected chi connectivity index (χ2v) is 14.6. The number of aromatic nitrogens is 3. The van der Waals surface area contributed by atoms with Crippen molar-refractivity contribution < 1.29 is 9.47 Å². The van der Waals surface area contributed by atoms with Crippen LogP contribution < -0.4 is 10.6 Å². The molecule has 8 heteroatoms. The lowest BCUT2D eigenvalue weighted by molar-refractivity contribution is 0.0818. The molecule has 2 aromatic heterocycles. The van der Waals surface area contributed by atoms with Crippen molar-refractivity contribution in [3.8, 4) is 11.3 Å². The normalized spacial score (nSPS) is 15.1. The molecule has 0 spiro atoms. The minimum atomic E-state index is -1.12. The van der Waals surface area contributed by atoms with Gasteiger partial charge >= 0.3 is 0 Å². The zero-order chi connectivity index (χ0) is 21.1. The number of pyridine rings is 1. The van der Waals surface area contributed by atoms with Gasteiger partial charge in [0.2, 0.25) is 0 Å². The summed E-state index contributed by atoms with van der Waals surface area (Å²) in [4.78, 5) is 6.82. The first kappa shape index (κ1) is 20.8. The highest BCUT2D eigenvalue weighted by molar-refractivity contribution is 6.76. The first-order valence-corrected chi connectivity index (χ1v) is 14.2. The fraction of sp³-hybridized carbons (Fsp3) is 0.455. The highest BCUT2D eigenvalue weighted by atomic mass is 28.3. The third-order valence-electron chi connectivity index (χ3n) is 5.34. The summed E-state index contributed by atoms with van der Waals surface area (Å²) in [6, 6.07) is 11.2. The van der Waals surface area contributed by atoms with Gasteiger partial charge in [-0.05, 0) is 36.4 Å². The molecule has 0 saturated carbocycles. The first-order chi connectivity index (χ1) is 14.4. The van der Waals surface area contributed by atoms with E-state index in [1.807, 2.05) is 35.1 Å². The minimum Gasteiger partial charge on any atom is -0.399 e. The Bertz CT molecular complexity index is 1010. The van der Waals surface area contributed by atoms with Gasteiger partial charge in [0.15, 0.2) is 0 Å². The Balaban J connectivity index is 1.63. The predicted octanol–water partition coefficient (Wildman–Crippen LogP) is 3.83. The molecule has 1 aromatic carbocycles. The third-order valence-corrected chi connectivity index (χ3v) is 7.04.